The monoisotopic (exact) mass is 334 g/mol. The Hall–Kier alpha value is -1.59. The van der Waals surface area contributed by atoms with E-state index in [9.17, 15) is 4.79 Å². The van der Waals surface area contributed by atoms with Crippen LogP contribution >= 0.6 is 15.9 Å². The summed E-state index contributed by atoms with van der Waals surface area (Å²) in [5.41, 5.74) is 1.98. The Morgan fingerprint density at radius 3 is 3.10 bits per heavy atom. The molecule has 1 aromatic carbocycles. The van der Waals surface area contributed by atoms with E-state index in [0.717, 1.165) is 35.0 Å². The topological polar surface area (TPSA) is 54.3 Å². The number of carbonyl (C=O) groups is 1. The second-order valence-corrected chi connectivity index (χ2v) is 5.71. The molecule has 1 aliphatic rings. The molecule has 3 rings (SSSR count). The predicted molar refractivity (Wildman–Crippen MR) is 81.8 cm³/mol. The number of nitrogens with one attached hydrogen (secondary N) is 2. The van der Waals surface area contributed by atoms with E-state index in [4.69, 9.17) is 4.42 Å². The van der Waals surface area contributed by atoms with Crippen molar-refractivity contribution in [2.24, 2.45) is 0 Å². The molecule has 2 aromatic rings. The van der Waals surface area contributed by atoms with E-state index in [2.05, 4.69) is 32.6 Å². The van der Waals surface area contributed by atoms with Crippen molar-refractivity contribution in [3.8, 4) is 0 Å². The van der Waals surface area contributed by atoms with Gasteiger partial charge in [0.1, 0.15) is 5.58 Å². The minimum atomic E-state index is -0.170. The lowest BCUT2D eigenvalue weighted by atomic mass is 10.1. The Morgan fingerprint density at radius 1 is 1.40 bits per heavy atom. The Balaban J connectivity index is 1.70. The molecule has 0 saturated carbocycles. The maximum Gasteiger partial charge on any atom is 0.287 e. The number of fused-ring (bicyclic) bond motifs is 1. The van der Waals surface area contributed by atoms with Crippen LogP contribution in [-0.2, 0) is 0 Å². The van der Waals surface area contributed by atoms with E-state index in [1.165, 1.54) is 5.57 Å². The minimum absolute atomic E-state index is 0.170. The first kappa shape index (κ1) is 13.4. The summed E-state index contributed by atoms with van der Waals surface area (Å²) < 4.78 is 6.53. The molecule has 2 N–H and O–H groups in total. The molecule has 0 atom stereocenters. The maximum absolute atomic E-state index is 12.1. The molecule has 104 valence electrons. The summed E-state index contributed by atoms with van der Waals surface area (Å²) in [6.07, 6.45) is 3.10. The zero-order chi connectivity index (χ0) is 13.9. The fraction of sp³-hybridized carbons (Fsp3) is 0.267. The lowest BCUT2D eigenvalue weighted by molar-refractivity contribution is 0.0931. The van der Waals surface area contributed by atoms with Crippen molar-refractivity contribution in [2.45, 2.75) is 6.42 Å². The fourth-order valence-corrected chi connectivity index (χ4v) is 2.62. The molecule has 0 bridgehead atoms. The van der Waals surface area contributed by atoms with Crippen LogP contribution in [0.1, 0.15) is 17.0 Å². The number of carbonyl (C=O) groups excluding carboxylic acids is 1. The number of benzene rings is 1. The van der Waals surface area contributed by atoms with Gasteiger partial charge >= 0.3 is 0 Å². The Labute approximate surface area is 125 Å². The highest BCUT2D eigenvalue weighted by Crippen LogP contribution is 2.23. The van der Waals surface area contributed by atoms with Gasteiger partial charge in [0, 0.05) is 22.9 Å². The van der Waals surface area contributed by atoms with E-state index < -0.39 is 0 Å². The van der Waals surface area contributed by atoms with E-state index in [1.807, 2.05) is 18.2 Å². The summed E-state index contributed by atoms with van der Waals surface area (Å²) in [7, 11) is 0. The van der Waals surface area contributed by atoms with Crippen molar-refractivity contribution in [1.29, 1.82) is 0 Å². The van der Waals surface area contributed by atoms with Gasteiger partial charge in [-0.15, -0.1) is 0 Å². The quantitative estimate of drug-likeness (QED) is 0.848. The highest BCUT2D eigenvalue weighted by Gasteiger charge is 2.13. The van der Waals surface area contributed by atoms with Crippen molar-refractivity contribution in [3.05, 3.63) is 46.1 Å². The predicted octanol–water partition coefficient (Wildman–Crippen LogP) is 2.84. The molecule has 0 spiro atoms. The molecule has 0 radical (unpaired) electrons. The SMILES string of the molecule is O=C(NCC1=CCNCC1)c1cc2cc(Br)ccc2o1. The summed E-state index contributed by atoms with van der Waals surface area (Å²) in [5, 5.41) is 7.07. The molecule has 5 heteroatoms. The van der Waals surface area contributed by atoms with Crippen molar-refractivity contribution >= 4 is 32.8 Å². The molecule has 1 amide bonds. The molecular formula is C15H15BrN2O2. The van der Waals surface area contributed by atoms with Crippen LogP contribution < -0.4 is 10.6 Å². The first-order valence-electron chi connectivity index (χ1n) is 6.58. The Morgan fingerprint density at radius 2 is 2.30 bits per heavy atom. The van der Waals surface area contributed by atoms with Crippen molar-refractivity contribution in [3.63, 3.8) is 0 Å². The van der Waals surface area contributed by atoms with Crippen LogP contribution in [0.5, 0.6) is 0 Å². The van der Waals surface area contributed by atoms with E-state index >= 15 is 0 Å². The highest BCUT2D eigenvalue weighted by molar-refractivity contribution is 9.10. The smallest absolute Gasteiger partial charge is 0.287 e. The van der Waals surface area contributed by atoms with Crippen LogP contribution in [0.3, 0.4) is 0 Å². The van der Waals surface area contributed by atoms with E-state index in [0.29, 0.717) is 12.3 Å². The summed E-state index contributed by atoms with van der Waals surface area (Å²) in [5.74, 6) is 0.185. The number of halogens is 1. The number of amides is 1. The third-order valence-electron chi connectivity index (χ3n) is 3.34. The van der Waals surface area contributed by atoms with Crippen molar-refractivity contribution in [2.75, 3.05) is 19.6 Å². The van der Waals surface area contributed by atoms with Crippen LogP contribution in [0.25, 0.3) is 11.0 Å². The Bertz CT molecular complexity index is 676. The van der Waals surface area contributed by atoms with E-state index in [1.54, 1.807) is 6.07 Å². The van der Waals surface area contributed by atoms with Crippen LogP contribution in [0, 0.1) is 0 Å². The third kappa shape index (κ3) is 2.94. The fourth-order valence-electron chi connectivity index (χ4n) is 2.24. The van der Waals surface area contributed by atoms with Gasteiger partial charge in [-0.2, -0.15) is 0 Å². The summed E-state index contributed by atoms with van der Waals surface area (Å²) in [6.45, 7) is 2.44. The lowest BCUT2D eigenvalue weighted by Gasteiger charge is -2.13. The van der Waals surface area contributed by atoms with Crippen molar-refractivity contribution < 1.29 is 9.21 Å². The van der Waals surface area contributed by atoms with Crippen LogP contribution in [-0.4, -0.2) is 25.5 Å². The number of rotatable bonds is 3. The number of furan rings is 1. The molecule has 0 fully saturated rings. The standard InChI is InChI=1S/C15H15BrN2O2/c16-12-1-2-13-11(7-12)8-14(20-13)15(19)18-9-10-3-5-17-6-4-10/h1-3,7-8,17H,4-6,9H2,(H,18,19). The largest absolute Gasteiger partial charge is 0.451 e. The summed E-state index contributed by atoms with van der Waals surface area (Å²) >= 11 is 3.41. The third-order valence-corrected chi connectivity index (χ3v) is 3.83. The zero-order valence-electron chi connectivity index (χ0n) is 10.9. The molecule has 4 nitrogen and oxygen atoms in total. The highest BCUT2D eigenvalue weighted by atomic mass is 79.9. The van der Waals surface area contributed by atoms with Gasteiger partial charge in [0.05, 0.1) is 0 Å². The van der Waals surface area contributed by atoms with Gasteiger partial charge in [0.15, 0.2) is 5.76 Å². The second kappa shape index (κ2) is 5.81. The average Bonchev–Trinajstić information content (AvgIpc) is 2.89. The van der Waals surface area contributed by atoms with Crippen LogP contribution in [0.2, 0.25) is 0 Å². The molecule has 0 unspecified atom stereocenters. The molecule has 1 aliphatic heterocycles. The minimum Gasteiger partial charge on any atom is -0.451 e. The van der Waals surface area contributed by atoms with Gasteiger partial charge in [-0.05, 0) is 37.2 Å². The molecule has 1 aromatic heterocycles. The second-order valence-electron chi connectivity index (χ2n) is 4.79. The number of hydrogen-bond donors (Lipinski definition) is 2. The molecule has 0 saturated heterocycles. The van der Waals surface area contributed by atoms with E-state index in [-0.39, 0.29) is 5.91 Å². The van der Waals surface area contributed by atoms with Crippen LogP contribution in [0.15, 0.2) is 44.8 Å². The van der Waals surface area contributed by atoms with Crippen molar-refractivity contribution in [1.82, 2.24) is 10.6 Å². The molecule has 0 aliphatic carbocycles. The molecule has 20 heavy (non-hydrogen) atoms. The van der Waals surface area contributed by atoms with Gasteiger partial charge in [0.25, 0.3) is 5.91 Å². The van der Waals surface area contributed by atoms with Gasteiger partial charge in [0.2, 0.25) is 0 Å². The maximum atomic E-state index is 12.1. The first-order valence-corrected chi connectivity index (χ1v) is 7.37. The molecular weight excluding hydrogens is 320 g/mol. The number of hydrogen-bond acceptors (Lipinski definition) is 3. The molecule has 2 heterocycles. The average molecular weight is 335 g/mol. The van der Waals surface area contributed by atoms with Gasteiger partial charge in [-0.1, -0.05) is 27.6 Å². The Kier molecular flexibility index (Phi) is 3.89. The normalized spacial score (nSPS) is 15.2. The zero-order valence-corrected chi connectivity index (χ0v) is 12.5. The first-order chi connectivity index (χ1) is 9.72. The van der Waals surface area contributed by atoms with Gasteiger partial charge in [-0.25, -0.2) is 0 Å². The van der Waals surface area contributed by atoms with Gasteiger partial charge in [-0.3, -0.25) is 4.79 Å². The summed E-state index contributed by atoms with van der Waals surface area (Å²) in [6, 6.07) is 7.45. The van der Waals surface area contributed by atoms with Crippen LogP contribution in [0.4, 0.5) is 0 Å². The van der Waals surface area contributed by atoms with Gasteiger partial charge < -0.3 is 15.1 Å². The summed E-state index contributed by atoms with van der Waals surface area (Å²) in [4.78, 5) is 12.1. The lowest BCUT2D eigenvalue weighted by Crippen LogP contribution is -2.29.